The number of carbonyl (C=O) groups excluding carboxylic acids is 4. The number of rotatable bonds is 9. The molecular weight excluding hydrogens is 666 g/mol. The lowest BCUT2D eigenvalue weighted by Gasteiger charge is -2.46. The first-order chi connectivity index (χ1) is 24.9. The van der Waals surface area contributed by atoms with Crippen LogP contribution in [0.25, 0.3) is 16.7 Å². The number of nitrogens with zero attached hydrogens (tertiary/aromatic N) is 1. The molecule has 52 heavy (non-hydrogen) atoms. The first-order valence-electron chi connectivity index (χ1n) is 16.5. The summed E-state index contributed by atoms with van der Waals surface area (Å²) in [6, 6.07) is 19.0. The predicted molar refractivity (Wildman–Crippen MR) is 190 cm³/mol. The van der Waals surface area contributed by atoms with Gasteiger partial charge in [0.25, 0.3) is 0 Å². The van der Waals surface area contributed by atoms with Crippen LogP contribution >= 0.6 is 0 Å². The molecule has 1 aromatic heterocycles. The van der Waals surface area contributed by atoms with Crippen molar-refractivity contribution in [3.8, 4) is 46.5 Å². The van der Waals surface area contributed by atoms with E-state index >= 15 is 0 Å². The molecule has 11 nitrogen and oxygen atoms in total. The van der Waals surface area contributed by atoms with E-state index in [1.165, 1.54) is 40.0 Å². The third-order valence-electron chi connectivity index (χ3n) is 9.03. The molecule has 1 aliphatic heterocycles. The Hall–Kier alpha value is -6.25. The Labute approximate surface area is 299 Å². The third-order valence-corrected chi connectivity index (χ3v) is 9.03. The van der Waals surface area contributed by atoms with Gasteiger partial charge in [-0.25, -0.2) is 4.79 Å². The molecule has 0 spiro atoms. The molecule has 0 bridgehead atoms. The molecular formula is C41H35NO10. The Bertz CT molecular complexity index is 2240. The van der Waals surface area contributed by atoms with Gasteiger partial charge in [-0.05, 0) is 76.7 Å². The van der Waals surface area contributed by atoms with Crippen molar-refractivity contribution in [2.75, 3.05) is 13.1 Å². The molecule has 0 fully saturated rings. The van der Waals surface area contributed by atoms with Crippen molar-refractivity contribution >= 4 is 29.5 Å². The zero-order chi connectivity index (χ0) is 37.2. The quantitative estimate of drug-likeness (QED) is 0.122. The van der Waals surface area contributed by atoms with Gasteiger partial charge in [0.05, 0.1) is 11.7 Å². The van der Waals surface area contributed by atoms with Gasteiger partial charge in [0, 0.05) is 64.4 Å². The van der Waals surface area contributed by atoms with Crippen LogP contribution in [-0.2, 0) is 31.0 Å². The van der Waals surface area contributed by atoms with E-state index in [1.54, 1.807) is 42.5 Å². The number of carbonyl (C=O) groups is 4. The Kier molecular flexibility index (Phi) is 9.95. The molecule has 0 N–H and O–H groups in total. The highest BCUT2D eigenvalue weighted by Gasteiger charge is 2.53. The molecule has 2 aliphatic rings. The van der Waals surface area contributed by atoms with E-state index in [9.17, 15) is 24.0 Å². The van der Waals surface area contributed by atoms with Crippen LogP contribution < -0.4 is 24.6 Å². The van der Waals surface area contributed by atoms with Crippen molar-refractivity contribution < 1.29 is 42.5 Å². The minimum absolute atomic E-state index is 0.236. The summed E-state index contributed by atoms with van der Waals surface area (Å²) in [6.07, 6.45) is 10.1. The summed E-state index contributed by atoms with van der Waals surface area (Å²) >= 11 is 0. The Morgan fingerprint density at radius 2 is 1.52 bits per heavy atom. The van der Waals surface area contributed by atoms with E-state index in [-0.39, 0.29) is 23.1 Å². The van der Waals surface area contributed by atoms with Gasteiger partial charge in [0.1, 0.15) is 17.2 Å². The average Bonchev–Trinajstić information content (AvgIpc) is 3.44. The SMILES string of the molecule is C#CCCN1CC(c2cc(OC(C)=O)ccc2-c2ccoc(=O)c2OC(C)=O)=C[C@]2(c3cccc(OC(C)=O)c3)c3c(cccc3OC(C)=O)C[C@H]12. The maximum Gasteiger partial charge on any atom is 0.379 e. The minimum Gasteiger partial charge on any atom is -0.429 e. The maximum absolute atomic E-state index is 12.9. The topological polar surface area (TPSA) is 139 Å². The molecule has 0 saturated carbocycles. The Balaban J connectivity index is 1.72. The molecule has 0 saturated heterocycles. The molecule has 4 aromatic rings. The van der Waals surface area contributed by atoms with Crippen molar-refractivity contribution in [1.29, 1.82) is 0 Å². The smallest absolute Gasteiger partial charge is 0.379 e. The zero-order valence-electron chi connectivity index (χ0n) is 29.0. The molecule has 1 aliphatic carbocycles. The molecule has 11 heteroatoms. The molecule has 264 valence electrons. The van der Waals surface area contributed by atoms with E-state index in [0.717, 1.165) is 22.3 Å². The zero-order valence-corrected chi connectivity index (χ0v) is 29.0. The fourth-order valence-electron chi connectivity index (χ4n) is 7.34. The Morgan fingerprint density at radius 3 is 2.21 bits per heavy atom. The highest BCUT2D eigenvalue weighted by atomic mass is 16.6. The molecule has 0 unspecified atom stereocenters. The van der Waals surface area contributed by atoms with Crippen molar-refractivity contribution in [3.63, 3.8) is 0 Å². The van der Waals surface area contributed by atoms with Crippen molar-refractivity contribution in [1.82, 2.24) is 4.90 Å². The Morgan fingerprint density at radius 1 is 0.827 bits per heavy atom. The summed E-state index contributed by atoms with van der Waals surface area (Å²) in [6.45, 7) is 5.97. The number of fused-ring (bicyclic) bond motifs is 3. The lowest BCUT2D eigenvalue weighted by Crippen LogP contribution is -2.52. The highest BCUT2D eigenvalue weighted by molar-refractivity contribution is 5.88. The summed E-state index contributed by atoms with van der Waals surface area (Å²) in [5, 5.41) is 0. The highest BCUT2D eigenvalue weighted by Crippen LogP contribution is 2.55. The lowest BCUT2D eigenvalue weighted by molar-refractivity contribution is -0.133. The van der Waals surface area contributed by atoms with Gasteiger partial charge in [-0.1, -0.05) is 30.3 Å². The van der Waals surface area contributed by atoms with Gasteiger partial charge in [0.2, 0.25) is 5.75 Å². The molecule has 2 atom stereocenters. The van der Waals surface area contributed by atoms with Gasteiger partial charge in [-0.3, -0.25) is 24.1 Å². The fraction of sp³-hybridized carbons (Fsp3) is 0.244. The molecule has 3 aromatic carbocycles. The van der Waals surface area contributed by atoms with Crippen LogP contribution in [0, 0.1) is 12.3 Å². The number of terminal acetylenes is 1. The average molecular weight is 702 g/mol. The normalized spacial score (nSPS) is 17.5. The predicted octanol–water partition coefficient (Wildman–Crippen LogP) is 5.64. The van der Waals surface area contributed by atoms with Gasteiger partial charge in [0.15, 0.2) is 0 Å². The minimum atomic E-state index is -1.02. The van der Waals surface area contributed by atoms with E-state index in [0.29, 0.717) is 48.6 Å². The van der Waals surface area contributed by atoms with Crippen LogP contribution in [0.3, 0.4) is 0 Å². The number of benzene rings is 3. The number of hydrogen-bond acceptors (Lipinski definition) is 11. The van der Waals surface area contributed by atoms with Crippen molar-refractivity contribution in [2.45, 2.75) is 52.0 Å². The number of ether oxygens (including phenoxy) is 4. The summed E-state index contributed by atoms with van der Waals surface area (Å²) in [5.41, 5.74) is 2.58. The largest absolute Gasteiger partial charge is 0.429 e. The molecule has 0 amide bonds. The van der Waals surface area contributed by atoms with E-state index in [1.807, 2.05) is 18.2 Å². The second-order valence-electron chi connectivity index (χ2n) is 12.5. The van der Waals surface area contributed by atoms with Crippen molar-refractivity contribution in [3.05, 3.63) is 112 Å². The van der Waals surface area contributed by atoms with Crippen LogP contribution in [0.15, 0.2) is 88.3 Å². The van der Waals surface area contributed by atoms with Gasteiger partial charge in [-0.2, -0.15) is 0 Å². The summed E-state index contributed by atoms with van der Waals surface area (Å²) in [4.78, 5) is 64.1. The lowest BCUT2D eigenvalue weighted by atomic mass is 9.68. The molecule has 2 heterocycles. The van der Waals surface area contributed by atoms with Crippen LogP contribution in [0.2, 0.25) is 0 Å². The first-order valence-corrected chi connectivity index (χ1v) is 16.5. The van der Waals surface area contributed by atoms with E-state index in [2.05, 4.69) is 16.9 Å². The fourth-order valence-corrected chi connectivity index (χ4v) is 7.34. The monoisotopic (exact) mass is 701 g/mol. The van der Waals surface area contributed by atoms with Gasteiger partial charge < -0.3 is 23.4 Å². The van der Waals surface area contributed by atoms with Gasteiger partial charge in [-0.15, -0.1) is 12.3 Å². The number of hydrogen-bond donors (Lipinski definition) is 0. The second kappa shape index (κ2) is 14.5. The standard InChI is InChI=1S/C41H35NO10/c1-6-7-17-42-23-29(35-21-32(50-25(3)44)14-15-33(35)34-16-18-48-40(47)39(34)52-27(5)46)22-41(30-11-9-12-31(20-30)49-24(2)43)37(42)19-28-10-8-13-36(38(28)41)51-26(4)45/h1,8-16,18,20-22,37H,7,17,19,23H2,2-5H3/t37-,41+/m0/s1. The van der Waals surface area contributed by atoms with Crippen LogP contribution in [0.4, 0.5) is 0 Å². The van der Waals surface area contributed by atoms with Gasteiger partial charge >= 0.3 is 29.5 Å². The van der Waals surface area contributed by atoms with Crippen LogP contribution in [0.1, 0.15) is 56.4 Å². The maximum atomic E-state index is 12.9. The van der Waals surface area contributed by atoms with Crippen LogP contribution in [-0.4, -0.2) is 47.9 Å². The summed E-state index contributed by atoms with van der Waals surface area (Å²) in [5.74, 6) is 1.13. The van der Waals surface area contributed by atoms with Crippen molar-refractivity contribution in [2.24, 2.45) is 0 Å². The molecule has 0 radical (unpaired) electrons. The van der Waals surface area contributed by atoms with E-state index < -0.39 is 34.9 Å². The van der Waals surface area contributed by atoms with E-state index in [4.69, 9.17) is 29.8 Å². The second-order valence-corrected chi connectivity index (χ2v) is 12.5. The van der Waals surface area contributed by atoms with Crippen LogP contribution in [0.5, 0.6) is 23.0 Å². The third kappa shape index (κ3) is 6.89. The summed E-state index contributed by atoms with van der Waals surface area (Å²) < 4.78 is 27.4. The molecule has 6 rings (SSSR count). The summed E-state index contributed by atoms with van der Waals surface area (Å²) in [7, 11) is 0. The first kappa shape index (κ1) is 35.6. The number of esters is 4.